The maximum atomic E-state index is 11.7. The largest absolute Gasteiger partial charge is 0.368 e. The normalized spacial score (nSPS) is 26.1. The van der Waals surface area contributed by atoms with Crippen LogP contribution in [0.5, 0.6) is 0 Å². The Morgan fingerprint density at radius 1 is 1.53 bits per heavy atom. The topological polar surface area (TPSA) is 56.0 Å². The molecule has 2 N–H and O–H groups in total. The molecule has 1 saturated heterocycles. The monoisotopic (exact) mass is 222 g/mol. The van der Waals surface area contributed by atoms with E-state index < -0.39 is 4.75 Å². The number of carbonyl (C=O) groups is 1. The van der Waals surface area contributed by atoms with E-state index in [4.69, 9.17) is 5.73 Å². The quantitative estimate of drug-likeness (QED) is 0.828. The van der Waals surface area contributed by atoms with E-state index >= 15 is 0 Å². The third-order valence-electron chi connectivity index (χ3n) is 2.80. The minimum atomic E-state index is -0.535. The lowest BCUT2D eigenvalue weighted by Crippen LogP contribution is -2.40. The SMILES string of the molecule is NC(=O)[C@@]1(c2cccnc2)CCCCS1. The number of nitrogens with zero attached hydrogens (tertiary/aromatic N) is 1. The summed E-state index contributed by atoms with van der Waals surface area (Å²) in [4.78, 5) is 15.7. The summed E-state index contributed by atoms with van der Waals surface area (Å²) in [6, 6.07) is 3.80. The molecule has 1 amide bonds. The molecule has 0 aliphatic carbocycles. The maximum Gasteiger partial charge on any atom is 0.238 e. The zero-order chi connectivity index (χ0) is 10.7. The molecule has 0 radical (unpaired) electrons. The van der Waals surface area contributed by atoms with Gasteiger partial charge in [0.15, 0.2) is 0 Å². The van der Waals surface area contributed by atoms with Gasteiger partial charge in [-0.1, -0.05) is 12.5 Å². The van der Waals surface area contributed by atoms with E-state index in [1.165, 1.54) is 6.42 Å². The molecule has 0 spiro atoms. The average Bonchev–Trinajstić information content (AvgIpc) is 2.31. The highest BCUT2D eigenvalue weighted by molar-refractivity contribution is 8.01. The summed E-state index contributed by atoms with van der Waals surface area (Å²) in [5, 5.41) is 0. The number of nitrogens with two attached hydrogens (primary N) is 1. The summed E-state index contributed by atoms with van der Waals surface area (Å²) >= 11 is 1.66. The molecular weight excluding hydrogens is 208 g/mol. The molecule has 1 atom stereocenters. The summed E-state index contributed by atoms with van der Waals surface area (Å²) in [6.07, 6.45) is 6.53. The van der Waals surface area contributed by atoms with E-state index in [0.29, 0.717) is 0 Å². The summed E-state index contributed by atoms with van der Waals surface area (Å²) < 4.78 is -0.535. The Morgan fingerprint density at radius 3 is 2.93 bits per heavy atom. The molecule has 1 aromatic heterocycles. The molecule has 0 aromatic carbocycles. The second-order valence-electron chi connectivity index (χ2n) is 3.74. The molecule has 1 aromatic rings. The van der Waals surface area contributed by atoms with Crippen LogP contribution in [0.2, 0.25) is 0 Å². The minimum absolute atomic E-state index is 0.236. The molecule has 4 heteroatoms. The predicted molar refractivity (Wildman–Crippen MR) is 61.4 cm³/mol. The van der Waals surface area contributed by atoms with Gasteiger partial charge in [-0.2, -0.15) is 0 Å². The van der Waals surface area contributed by atoms with Crippen molar-refractivity contribution < 1.29 is 4.79 Å². The summed E-state index contributed by atoms with van der Waals surface area (Å²) in [6.45, 7) is 0. The Hall–Kier alpha value is -1.03. The fraction of sp³-hybridized carbons (Fsp3) is 0.455. The number of hydrogen-bond acceptors (Lipinski definition) is 3. The van der Waals surface area contributed by atoms with Gasteiger partial charge in [0.05, 0.1) is 0 Å². The van der Waals surface area contributed by atoms with Crippen molar-refractivity contribution in [1.29, 1.82) is 0 Å². The molecule has 80 valence electrons. The molecule has 0 bridgehead atoms. The predicted octanol–water partition coefficient (Wildman–Crippen LogP) is 1.68. The van der Waals surface area contributed by atoms with Gasteiger partial charge in [-0.05, 0) is 30.2 Å². The molecular formula is C11H14N2OS. The van der Waals surface area contributed by atoms with Gasteiger partial charge >= 0.3 is 0 Å². The fourth-order valence-corrected chi connectivity index (χ4v) is 3.38. The van der Waals surface area contributed by atoms with E-state index in [1.807, 2.05) is 12.1 Å². The van der Waals surface area contributed by atoms with Gasteiger partial charge in [-0.25, -0.2) is 0 Å². The fourth-order valence-electron chi connectivity index (χ4n) is 1.96. The van der Waals surface area contributed by atoms with Crippen LogP contribution in [0.25, 0.3) is 0 Å². The highest BCUT2D eigenvalue weighted by Gasteiger charge is 2.40. The van der Waals surface area contributed by atoms with Crippen LogP contribution in [0, 0.1) is 0 Å². The first-order chi connectivity index (χ1) is 7.26. The van der Waals surface area contributed by atoms with Gasteiger partial charge in [-0.3, -0.25) is 9.78 Å². The molecule has 1 fully saturated rings. The lowest BCUT2D eigenvalue weighted by Gasteiger charge is -2.33. The van der Waals surface area contributed by atoms with Crippen molar-refractivity contribution in [2.24, 2.45) is 5.73 Å². The molecule has 15 heavy (non-hydrogen) atoms. The van der Waals surface area contributed by atoms with Crippen molar-refractivity contribution >= 4 is 17.7 Å². The maximum absolute atomic E-state index is 11.7. The number of carbonyl (C=O) groups excluding carboxylic acids is 1. The smallest absolute Gasteiger partial charge is 0.238 e. The first kappa shape index (κ1) is 10.5. The third-order valence-corrected chi connectivity index (χ3v) is 4.42. The van der Waals surface area contributed by atoms with Crippen molar-refractivity contribution in [1.82, 2.24) is 4.98 Å². The van der Waals surface area contributed by atoms with Crippen LogP contribution in [-0.2, 0) is 9.54 Å². The summed E-state index contributed by atoms with van der Waals surface area (Å²) in [7, 11) is 0. The number of pyridine rings is 1. The van der Waals surface area contributed by atoms with Crippen molar-refractivity contribution in [3.05, 3.63) is 30.1 Å². The van der Waals surface area contributed by atoms with Crippen molar-refractivity contribution in [2.45, 2.75) is 24.0 Å². The number of thioether (sulfide) groups is 1. The van der Waals surface area contributed by atoms with Crippen LogP contribution in [0.1, 0.15) is 24.8 Å². The third kappa shape index (κ3) is 1.86. The van der Waals surface area contributed by atoms with Gasteiger partial charge in [0.1, 0.15) is 4.75 Å². The van der Waals surface area contributed by atoms with E-state index in [0.717, 1.165) is 24.2 Å². The van der Waals surface area contributed by atoms with E-state index in [2.05, 4.69) is 4.98 Å². The Labute approximate surface area is 93.5 Å². The Balaban J connectivity index is 2.38. The number of hydrogen-bond donors (Lipinski definition) is 1. The van der Waals surface area contributed by atoms with E-state index in [1.54, 1.807) is 24.2 Å². The highest BCUT2D eigenvalue weighted by atomic mass is 32.2. The Kier molecular flexibility index (Phi) is 2.95. The standard InChI is InChI=1S/C11H14N2OS/c12-10(14)11(5-1-2-7-15-11)9-4-3-6-13-8-9/h3-4,6,8H,1-2,5,7H2,(H2,12,14)/t11-/m0/s1. The van der Waals surface area contributed by atoms with Gasteiger partial charge in [0.25, 0.3) is 0 Å². The van der Waals surface area contributed by atoms with Crippen molar-refractivity contribution in [2.75, 3.05) is 5.75 Å². The molecule has 2 heterocycles. The first-order valence-electron chi connectivity index (χ1n) is 5.10. The average molecular weight is 222 g/mol. The number of primary amides is 1. The van der Waals surface area contributed by atoms with Crippen LogP contribution in [0.3, 0.4) is 0 Å². The highest BCUT2D eigenvalue weighted by Crippen LogP contribution is 2.44. The number of amides is 1. The molecule has 0 unspecified atom stereocenters. The Morgan fingerprint density at radius 2 is 2.40 bits per heavy atom. The summed E-state index contributed by atoms with van der Waals surface area (Å²) in [5.74, 6) is 0.762. The molecule has 0 saturated carbocycles. The van der Waals surface area contributed by atoms with Crippen LogP contribution >= 0.6 is 11.8 Å². The summed E-state index contributed by atoms with van der Waals surface area (Å²) in [5.41, 5.74) is 6.49. The zero-order valence-electron chi connectivity index (χ0n) is 8.48. The second-order valence-corrected chi connectivity index (χ2v) is 5.13. The lowest BCUT2D eigenvalue weighted by atomic mass is 9.92. The van der Waals surface area contributed by atoms with Gasteiger partial charge in [-0.15, -0.1) is 11.8 Å². The molecule has 3 nitrogen and oxygen atoms in total. The minimum Gasteiger partial charge on any atom is -0.368 e. The number of rotatable bonds is 2. The Bertz CT molecular complexity index is 347. The second kappa shape index (κ2) is 4.23. The van der Waals surface area contributed by atoms with Gasteiger partial charge < -0.3 is 5.73 Å². The van der Waals surface area contributed by atoms with Crippen LogP contribution in [0.15, 0.2) is 24.5 Å². The van der Waals surface area contributed by atoms with Crippen molar-refractivity contribution in [3.8, 4) is 0 Å². The molecule has 1 aliphatic rings. The first-order valence-corrected chi connectivity index (χ1v) is 6.09. The number of aromatic nitrogens is 1. The van der Waals surface area contributed by atoms with Crippen LogP contribution in [-0.4, -0.2) is 16.6 Å². The van der Waals surface area contributed by atoms with E-state index in [9.17, 15) is 4.79 Å². The van der Waals surface area contributed by atoms with Gasteiger partial charge in [0, 0.05) is 12.4 Å². The molecule has 2 rings (SSSR count). The van der Waals surface area contributed by atoms with Gasteiger partial charge in [0.2, 0.25) is 5.91 Å². The lowest BCUT2D eigenvalue weighted by molar-refractivity contribution is -0.120. The van der Waals surface area contributed by atoms with Crippen LogP contribution < -0.4 is 5.73 Å². The van der Waals surface area contributed by atoms with Crippen LogP contribution in [0.4, 0.5) is 0 Å². The van der Waals surface area contributed by atoms with E-state index in [-0.39, 0.29) is 5.91 Å². The zero-order valence-corrected chi connectivity index (χ0v) is 9.30. The van der Waals surface area contributed by atoms with Crippen molar-refractivity contribution in [3.63, 3.8) is 0 Å². The molecule has 1 aliphatic heterocycles.